The number of para-hydroxylation sites is 1. The standard InChI is InChI=1S/C18H21ClN4OS2/c1-4-22(11-13-9-10-16(19)26-13)12-23-18(25)21(2)17(20-23)14-7-5-6-8-15(14)24-3/h5-10H,4,11-12H2,1-3H3/p+1. The van der Waals surface area contributed by atoms with Crippen molar-refractivity contribution >= 4 is 35.2 Å². The Morgan fingerprint density at radius 3 is 2.69 bits per heavy atom. The predicted octanol–water partition coefficient (Wildman–Crippen LogP) is 3.40. The Kier molecular flexibility index (Phi) is 6.13. The molecule has 5 nitrogen and oxygen atoms in total. The van der Waals surface area contributed by atoms with Gasteiger partial charge in [0, 0.05) is 7.05 Å². The van der Waals surface area contributed by atoms with Crippen molar-refractivity contribution < 1.29 is 9.64 Å². The summed E-state index contributed by atoms with van der Waals surface area (Å²) >= 11 is 13.3. The Balaban J connectivity index is 1.88. The molecule has 138 valence electrons. The van der Waals surface area contributed by atoms with Gasteiger partial charge in [-0.25, -0.2) is 0 Å². The highest BCUT2D eigenvalue weighted by Gasteiger charge is 2.17. The fraction of sp³-hybridized carbons (Fsp3) is 0.333. The molecule has 0 radical (unpaired) electrons. The lowest BCUT2D eigenvalue weighted by atomic mass is 10.2. The van der Waals surface area contributed by atoms with E-state index in [9.17, 15) is 0 Å². The third-order valence-corrected chi connectivity index (χ3v) is 6.03. The largest absolute Gasteiger partial charge is 0.496 e. The molecule has 26 heavy (non-hydrogen) atoms. The molecule has 0 spiro atoms. The molecule has 2 aromatic heterocycles. The van der Waals surface area contributed by atoms with Crippen molar-refractivity contribution in [1.82, 2.24) is 14.3 Å². The van der Waals surface area contributed by atoms with Gasteiger partial charge >= 0.3 is 0 Å². The van der Waals surface area contributed by atoms with E-state index < -0.39 is 0 Å². The quantitative estimate of drug-likeness (QED) is 0.607. The third-order valence-electron chi connectivity index (χ3n) is 4.32. The molecular weight excluding hydrogens is 388 g/mol. The molecule has 0 saturated carbocycles. The fourth-order valence-electron chi connectivity index (χ4n) is 2.85. The van der Waals surface area contributed by atoms with Crippen LogP contribution in [0, 0.1) is 4.77 Å². The van der Waals surface area contributed by atoms with Crippen molar-refractivity contribution in [3.8, 4) is 17.1 Å². The number of hydrogen-bond acceptors (Lipinski definition) is 4. The first-order chi connectivity index (χ1) is 12.5. The van der Waals surface area contributed by atoms with Crippen LogP contribution in [0.5, 0.6) is 5.75 Å². The number of benzene rings is 1. The zero-order valence-electron chi connectivity index (χ0n) is 15.0. The summed E-state index contributed by atoms with van der Waals surface area (Å²) < 4.78 is 10.8. The first kappa shape index (κ1) is 19.1. The van der Waals surface area contributed by atoms with E-state index in [1.165, 1.54) is 9.78 Å². The summed E-state index contributed by atoms with van der Waals surface area (Å²) in [6.07, 6.45) is 0. The highest BCUT2D eigenvalue weighted by atomic mass is 35.5. The molecule has 8 heteroatoms. The van der Waals surface area contributed by atoms with Crippen LogP contribution < -0.4 is 9.64 Å². The van der Waals surface area contributed by atoms with Crippen LogP contribution in [0.2, 0.25) is 4.34 Å². The number of thiophene rings is 1. The summed E-state index contributed by atoms with van der Waals surface area (Å²) in [4.78, 5) is 2.63. The number of rotatable bonds is 7. The second kappa shape index (κ2) is 8.35. The van der Waals surface area contributed by atoms with Crippen LogP contribution in [0.15, 0.2) is 36.4 Å². The van der Waals surface area contributed by atoms with Crippen LogP contribution in [0.1, 0.15) is 11.8 Å². The number of quaternary nitrogens is 1. The Hall–Kier alpha value is -1.67. The van der Waals surface area contributed by atoms with Gasteiger partial charge in [-0.2, -0.15) is 4.68 Å². The lowest BCUT2D eigenvalue weighted by Crippen LogP contribution is -3.09. The number of ether oxygens (including phenoxy) is 1. The smallest absolute Gasteiger partial charge is 0.202 e. The van der Waals surface area contributed by atoms with Gasteiger partial charge in [-0.3, -0.25) is 0 Å². The van der Waals surface area contributed by atoms with Gasteiger partial charge < -0.3 is 14.2 Å². The number of methoxy groups -OCH3 is 1. The van der Waals surface area contributed by atoms with Crippen LogP contribution in [-0.4, -0.2) is 28.0 Å². The van der Waals surface area contributed by atoms with Crippen molar-refractivity contribution in [3.05, 3.63) is 50.4 Å². The molecule has 0 aliphatic heterocycles. The topological polar surface area (TPSA) is 36.4 Å². The second-order valence-electron chi connectivity index (χ2n) is 6.01. The zero-order chi connectivity index (χ0) is 18.7. The van der Waals surface area contributed by atoms with E-state index >= 15 is 0 Å². The molecule has 1 unspecified atom stereocenters. The lowest BCUT2D eigenvalue weighted by molar-refractivity contribution is -0.935. The highest BCUT2D eigenvalue weighted by molar-refractivity contribution is 7.71. The van der Waals surface area contributed by atoms with Gasteiger partial charge in [-0.15, -0.1) is 16.4 Å². The Labute approximate surface area is 167 Å². The molecular formula is C18H22ClN4OS2+. The summed E-state index contributed by atoms with van der Waals surface area (Å²) in [5.41, 5.74) is 0.936. The summed E-state index contributed by atoms with van der Waals surface area (Å²) in [6.45, 7) is 4.74. The van der Waals surface area contributed by atoms with E-state index in [1.54, 1.807) is 18.4 Å². The van der Waals surface area contributed by atoms with Crippen molar-refractivity contribution in [2.45, 2.75) is 20.1 Å². The van der Waals surface area contributed by atoms with Crippen molar-refractivity contribution in [2.24, 2.45) is 7.05 Å². The molecule has 1 atom stereocenters. The average Bonchev–Trinajstić information content (AvgIpc) is 3.18. The number of hydrogen-bond donors (Lipinski definition) is 1. The maximum Gasteiger partial charge on any atom is 0.202 e. The highest BCUT2D eigenvalue weighted by Crippen LogP contribution is 2.28. The van der Waals surface area contributed by atoms with Crippen molar-refractivity contribution in [3.63, 3.8) is 0 Å². The van der Waals surface area contributed by atoms with E-state index in [2.05, 4.69) is 13.0 Å². The second-order valence-corrected chi connectivity index (χ2v) is 8.17. The van der Waals surface area contributed by atoms with Crippen LogP contribution >= 0.6 is 35.2 Å². The third kappa shape index (κ3) is 4.01. The minimum atomic E-state index is 0.695. The van der Waals surface area contributed by atoms with E-state index in [1.807, 2.05) is 46.6 Å². The summed E-state index contributed by atoms with van der Waals surface area (Å²) in [5.74, 6) is 1.60. The summed E-state index contributed by atoms with van der Waals surface area (Å²) in [5, 5.41) is 4.77. The summed E-state index contributed by atoms with van der Waals surface area (Å²) in [7, 11) is 3.61. The minimum Gasteiger partial charge on any atom is -0.496 e. The molecule has 1 aromatic carbocycles. The predicted molar refractivity (Wildman–Crippen MR) is 109 cm³/mol. The van der Waals surface area contributed by atoms with Gasteiger partial charge in [0.2, 0.25) is 4.77 Å². The van der Waals surface area contributed by atoms with Gasteiger partial charge in [0.05, 0.1) is 28.4 Å². The SMILES string of the molecule is CC[NH+](Cc1ccc(Cl)s1)Cn1nc(-c2ccccc2OC)n(C)c1=S. The van der Waals surface area contributed by atoms with Crippen molar-refractivity contribution in [2.75, 3.05) is 13.7 Å². The fourth-order valence-corrected chi connectivity index (χ4v) is 4.20. The first-order valence-electron chi connectivity index (χ1n) is 8.38. The van der Waals surface area contributed by atoms with E-state index in [-0.39, 0.29) is 0 Å². The van der Waals surface area contributed by atoms with Gasteiger partial charge in [0.15, 0.2) is 12.5 Å². The van der Waals surface area contributed by atoms with Crippen LogP contribution in [0.3, 0.4) is 0 Å². The molecule has 3 rings (SSSR count). The van der Waals surface area contributed by atoms with Crippen molar-refractivity contribution in [1.29, 1.82) is 0 Å². The van der Waals surface area contributed by atoms with Gasteiger partial charge in [0.1, 0.15) is 12.3 Å². The number of aromatic nitrogens is 3. The Morgan fingerprint density at radius 1 is 1.27 bits per heavy atom. The minimum absolute atomic E-state index is 0.695. The molecule has 0 amide bonds. The molecule has 2 heterocycles. The normalized spacial score (nSPS) is 12.3. The molecule has 3 aromatic rings. The molecule has 0 fully saturated rings. The van der Waals surface area contributed by atoms with Gasteiger partial charge in [-0.05, 0) is 43.4 Å². The first-order valence-corrected chi connectivity index (χ1v) is 9.98. The van der Waals surface area contributed by atoms with Crippen LogP contribution in [0.25, 0.3) is 11.4 Å². The average molecular weight is 410 g/mol. The molecule has 0 saturated heterocycles. The Morgan fingerprint density at radius 2 is 2.04 bits per heavy atom. The van der Waals surface area contributed by atoms with Gasteiger partial charge in [0.25, 0.3) is 0 Å². The maximum atomic E-state index is 6.05. The van der Waals surface area contributed by atoms with E-state index in [0.29, 0.717) is 11.4 Å². The molecule has 0 bridgehead atoms. The summed E-state index contributed by atoms with van der Waals surface area (Å²) in [6, 6.07) is 11.9. The maximum absolute atomic E-state index is 6.05. The number of halogens is 1. The zero-order valence-corrected chi connectivity index (χ0v) is 17.4. The number of nitrogens with zero attached hydrogens (tertiary/aromatic N) is 3. The van der Waals surface area contributed by atoms with E-state index in [0.717, 1.165) is 34.6 Å². The van der Waals surface area contributed by atoms with Crippen LogP contribution in [-0.2, 0) is 20.3 Å². The molecule has 0 aliphatic carbocycles. The monoisotopic (exact) mass is 409 g/mol. The molecule has 0 aliphatic rings. The Bertz CT molecular complexity index is 947. The molecule has 1 N–H and O–H groups in total. The number of nitrogens with one attached hydrogen (secondary N) is 1. The van der Waals surface area contributed by atoms with E-state index in [4.69, 9.17) is 33.7 Å². The van der Waals surface area contributed by atoms with Crippen LogP contribution in [0.4, 0.5) is 0 Å². The lowest BCUT2D eigenvalue weighted by Gasteiger charge is -2.16. The van der Waals surface area contributed by atoms with Gasteiger partial charge in [-0.1, -0.05) is 23.7 Å².